The summed E-state index contributed by atoms with van der Waals surface area (Å²) in [5, 5.41) is -1.31. The molecule has 0 fully saturated rings. The summed E-state index contributed by atoms with van der Waals surface area (Å²) in [5.74, 6) is -0.774. The summed E-state index contributed by atoms with van der Waals surface area (Å²) < 4.78 is 74.1. The molecule has 0 spiro atoms. The van der Waals surface area contributed by atoms with Crippen LogP contribution in [0, 0.1) is 0 Å². The minimum atomic E-state index is -4.62. The van der Waals surface area contributed by atoms with Gasteiger partial charge in [0.2, 0.25) is 9.84 Å². The number of halogens is 3. The molecule has 230 valence electrons. The van der Waals surface area contributed by atoms with E-state index in [1.807, 2.05) is 42.5 Å². The lowest BCUT2D eigenvalue weighted by Gasteiger charge is -2.26. The molecule has 7 nitrogen and oxygen atoms in total. The Kier molecular flexibility index (Phi) is 8.74. The zero-order chi connectivity index (χ0) is 32.4. The Morgan fingerprint density at radius 2 is 1.67 bits per heavy atom. The molecule has 0 bridgehead atoms. The van der Waals surface area contributed by atoms with Gasteiger partial charge in [-0.2, -0.15) is 13.2 Å². The highest BCUT2D eigenvalue weighted by Gasteiger charge is 2.34. The van der Waals surface area contributed by atoms with Crippen LogP contribution in [0.4, 0.5) is 24.5 Å². The van der Waals surface area contributed by atoms with Crippen LogP contribution >= 0.6 is 0 Å². The predicted molar refractivity (Wildman–Crippen MR) is 167 cm³/mol. The summed E-state index contributed by atoms with van der Waals surface area (Å²) in [6, 6.07) is 22.7. The van der Waals surface area contributed by atoms with Gasteiger partial charge in [0.25, 0.3) is 0 Å². The zero-order valence-electron chi connectivity index (χ0n) is 24.3. The van der Waals surface area contributed by atoms with Gasteiger partial charge in [0.05, 0.1) is 29.1 Å². The van der Waals surface area contributed by atoms with E-state index in [1.165, 1.54) is 42.4 Å². The molecule has 1 unspecified atom stereocenters. The van der Waals surface area contributed by atoms with Crippen LogP contribution in [-0.4, -0.2) is 38.0 Å². The van der Waals surface area contributed by atoms with Crippen molar-refractivity contribution in [2.75, 3.05) is 18.6 Å². The third-order valence-electron chi connectivity index (χ3n) is 7.28. The first kappa shape index (κ1) is 31.4. The highest BCUT2D eigenvalue weighted by Crippen LogP contribution is 2.41. The lowest BCUT2D eigenvalue weighted by molar-refractivity contribution is -0.137. The first-order chi connectivity index (χ1) is 21.5. The van der Waals surface area contributed by atoms with E-state index in [0.717, 1.165) is 29.5 Å². The lowest BCUT2D eigenvalue weighted by atomic mass is 10.0. The van der Waals surface area contributed by atoms with Crippen LogP contribution in [-0.2, 0) is 20.8 Å². The number of nitrogens with zero attached hydrogens (tertiary/aromatic N) is 3. The molecule has 1 atom stereocenters. The third-order valence-corrected chi connectivity index (χ3v) is 9.26. The molecule has 0 aliphatic rings. The highest BCUT2D eigenvalue weighted by atomic mass is 32.2. The number of carbonyl (C=O) groups excluding carboxylic acids is 1. The van der Waals surface area contributed by atoms with Crippen LogP contribution in [0.3, 0.4) is 0 Å². The highest BCUT2D eigenvalue weighted by molar-refractivity contribution is 7.91. The number of ether oxygens (including phenoxy) is 1. The molecule has 45 heavy (non-hydrogen) atoms. The first-order valence-electron chi connectivity index (χ1n) is 13.8. The van der Waals surface area contributed by atoms with Crippen molar-refractivity contribution >= 4 is 38.1 Å². The molecule has 0 aliphatic heterocycles. The van der Waals surface area contributed by atoms with E-state index in [-0.39, 0.29) is 39.5 Å². The van der Waals surface area contributed by atoms with Gasteiger partial charge in [-0.25, -0.2) is 18.2 Å². The molecule has 2 aromatic heterocycles. The molecule has 11 heteroatoms. The molecule has 5 rings (SSSR count). The average Bonchev–Trinajstić information content (AvgIpc) is 3.04. The van der Waals surface area contributed by atoms with Gasteiger partial charge in [0, 0.05) is 24.8 Å². The maximum absolute atomic E-state index is 14.2. The lowest BCUT2D eigenvalue weighted by Crippen LogP contribution is -2.21. The van der Waals surface area contributed by atoms with Crippen LogP contribution in [0.5, 0.6) is 0 Å². The summed E-state index contributed by atoms with van der Waals surface area (Å²) in [6.07, 6.45) is -0.853. The number of fused-ring (bicyclic) bond motifs is 1. The van der Waals surface area contributed by atoms with E-state index in [1.54, 1.807) is 19.1 Å². The van der Waals surface area contributed by atoms with Crippen molar-refractivity contribution in [3.8, 4) is 11.1 Å². The maximum atomic E-state index is 14.2. The van der Waals surface area contributed by atoms with Gasteiger partial charge in [-0.15, -0.1) is 6.58 Å². The third kappa shape index (κ3) is 6.16. The van der Waals surface area contributed by atoms with Gasteiger partial charge in [0.1, 0.15) is 10.8 Å². The monoisotopic (exact) mass is 631 g/mol. The Morgan fingerprint density at radius 3 is 2.31 bits per heavy atom. The van der Waals surface area contributed by atoms with Gasteiger partial charge in [-0.3, -0.25) is 4.98 Å². The molecule has 0 radical (unpaired) electrons. The average molecular weight is 632 g/mol. The van der Waals surface area contributed by atoms with Crippen molar-refractivity contribution < 1.29 is 31.1 Å². The summed E-state index contributed by atoms with van der Waals surface area (Å²) in [6.45, 7) is 5.43. The molecule has 3 aromatic carbocycles. The summed E-state index contributed by atoms with van der Waals surface area (Å²) in [5.41, 5.74) is 1.51. The van der Waals surface area contributed by atoms with E-state index in [4.69, 9.17) is 4.74 Å². The van der Waals surface area contributed by atoms with E-state index in [2.05, 4.69) is 16.5 Å². The second kappa shape index (κ2) is 12.5. The molecule has 5 aromatic rings. The number of rotatable bonds is 9. The van der Waals surface area contributed by atoms with Gasteiger partial charge in [-0.05, 0) is 47.9 Å². The Hall–Kier alpha value is -5.03. The van der Waals surface area contributed by atoms with Crippen molar-refractivity contribution in [1.82, 2.24) is 9.97 Å². The van der Waals surface area contributed by atoms with E-state index in [0.29, 0.717) is 5.56 Å². The fourth-order valence-corrected chi connectivity index (χ4v) is 6.82. The van der Waals surface area contributed by atoms with Crippen molar-refractivity contribution in [3.63, 3.8) is 0 Å². The molecule has 0 aliphatic carbocycles. The molecule has 0 amide bonds. The van der Waals surface area contributed by atoms with Crippen molar-refractivity contribution in [2.45, 2.75) is 23.4 Å². The molecule has 0 saturated heterocycles. The first-order valence-corrected chi connectivity index (χ1v) is 15.4. The number of hydrogen-bond donors (Lipinski definition) is 0. The van der Waals surface area contributed by atoms with Gasteiger partial charge in [-0.1, -0.05) is 66.7 Å². The SMILES string of the molecule is C=CC(c1ccc(-c2ccccc2)cc1)S(=O)(=O)c1ncccc1N(C)c1c(C(=O)OCC)cnc2cc(C(F)(F)F)ccc12. The van der Waals surface area contributed by atoms with Gasteiger partial charge in [0.15, 0.2) is 5.03 Å². The predicted octanol–water partition coefficient (Wildman–Crippen LogP) is 7.96. The van der Waals surface area contributed by atoms with Crippen molar-refractivity contribution in [1.29, 1.82) is 0 Å². The minimum Gasteiger partial charge on any atom is -0.462 e. The number of anilines is 2. The van der Waals surface area contributed by atoms with Crippen LogP contribution in [0.2, 0.25) is 0 Å². The number of carbonyl (C=O) groups is 1. The van der Waals surface area contributed by atoms with Crippen molar-refractivity contribution in [2.24, 2.45) is 0 Å². The Balaban J connectivity index is 1.63. The topological polar surface area (TPSA) is 89.5 Å². The summed E-state index contributed by atoms with van der Waals surface area (Å²) >= 11 is 0. The standard InChI is InChI=1S/C34H28F3N3O4S/c1-4-30(24-15-13-23(14-16-24)22-10-7-6-8-11-22)45(42,43)32-29(12-9-19-38-32)40(3)31-26-18-17-25(34(35,36)37)20-28(26)39-21-27(31)33(41)44-5-2/h4,6-21,30H,1,5H2,2-3H3. The van der Waals surface area contributed by atoms with E-state index < -0.39 is 32.8 Å². The van der Waals surface area contributed by atoms with Gasteiger partial charge < -0.3 is 9.64 Å². The minimum absolute atomic E-state index is 0.0314. The summed E-state index contributed by atoms with van der Waals surface area (Å²) in [7, 11) is -2.74. The quantitative estimate of drug-likeness (QED) is 0.120. The second-order valence-corrected chi connectivity index (χ2v) is 12.0. The van der Waals surface area contributed by atoms with E-state index in [9.17, 15) is 26.4 Å². The van der Waals surface area contributed by atoms with Crippen LogP contribution in [0.1, 0.15) is 33.7 Å². The number of hydrogen-bond acceptors (Lipinski definition) is 7. The van der Waals surface area contributed by atoms with Crippen molar-refractivity contribution in [3.05, 3.63) is 127 Å². The number of pyridine rings is 2. The van der Waals surface area contributed by atoms with E-state index >= 15 is 0 Å². The fraction of sp³-hybridized carbons (Fsp3) is 0.147. The maximum Gasteiger partial charge on any atom is 0.416 e. The normalized spacial score (nSPS) is 12.5. The smallest absolute Gasteiger partial charge is 0.416 e. The summed E-state index contributed by atoms with van der Waals surface area (Å²) in [4.78, 5) is 22.7. The molecule has 2 heterocycles. The molecule has 0 saturated carbocycles. The Labute approximate surface area is 258 Å². The van der Waals surface area contributed by atoms with Crippen LogP contribution < -0.4 is 4.90 Å². The second-order valence-electron chi connectivity index (χ2n) is 10.0. The fourth-order valence-electron chi connectivity index (χ4n) is 5.11. The number of aromatic nitrogens is 2. The Bertz CT molecular complexity index is 1980. The molecular formula is C34H28F3N3O4S. The molecule has 0 N–H and O–H groups in total. The number of sulfone groups is 1. The zero-order valence-corrected chi connectivity index (χ0v) is 25.1. The molecular weight excluding hydrogens is 603 g/mol. The Morgan fingerprint density at radius 1 is 0.978 bits per heavy atom. The van der Waals surface area contributed by atoms with Crippen LogP contribution in [0.15, 0.2) is 115 Å². The number of alkyl halides is 3. The number of benzene rings is 3. The number of esters is 1. The van der Waals surface area contributed by atoms with Gasteiger partial charge >= 0.3 is 12.1 Å². The largest absolute Gasteiger partial charge is 0.462 e. The van der Waals surface area contributed by atoms with Crippen LogP contribution in [0.25, 0.3) is 22.0 Å².